The molecular weight excluding hydrogens is 290 g/mol. The van der Waals surface area contributed by atoms with Crippen LogP contribution in [0, 0.1) is 0 Å². The Hall–Kier alpha value is -2.50. The van der Waals surface area contributed by atoms with Gasteiger partial charge in [0.05, 0.1) is 0 Å². The quantitative estimate of drug-likeness (QED) is 0.783. The average Bonchev–Trinajstić information content (AvgIpc) is 2.61. The Balaban J connectivity index is 1.97. The summed E-state index contributed by atoms with van der Waals surface area (Å²) in [4.78, 5) is 20.0. The van der Waals surface area contributed by atoms with Crippen molar-refractivity contribution in [2.45, 2.75) is 20.3 Å². The minimum absolute atomic E-state index is 0.0755. The highest BCUT2D eigenvalue weighted by atomic mass is 16.2. The van der Waals surface area contributed by atoms with E-state index in [1.54, 1.807) is 23.4 Å². The van der Waals surface area contributed by atoms with E-state index in [1.165, 1.54) is 5.56 Å². The Morgan fingerprint density at radius 1 is 1.04 bits per heavy atom. The number of amides is 1. The van der Waals surface area contributed by atoms with Gasteiger partial charge in [-0.1, -0.05) is 0 Å². The van der Waals surface area contributed by atoms with Crippen LogP contribution in [0.5, 0.6) is 0 Å². The van der Waals surface area contributed by atoms with Gasteiger partial charge in [0, 0.05) is 39.1 Å². The number of pyridine rings is 1. The highest BCUT2D eigenvalue weighted by Crippen LogP contribution is 2.10. The summed E-state index contributed by atoms with van der Waals surface area (Å²) in [6.45, 7) is 6.07. The van der Waals surface area contributed by atoms with Crippen molar-refractivity contribution in [2.24, 2.45) is 0 Å². The maximum Gasteiger partial charge on any atom is 0.274 e. The van der Waals surface area contributed by atoms with Crippen LogP contribution in [0.15, 0.2) is 36.7 Å². The molecule has 0 unspecified atom stereocenters. The summed E-state index contributed by atoms with van der Waals surface area (Å²) in [7, 11) is 1.97. The largest absolute Gasteiger partial charge is 0.358 e. The van der Waals surface area contributed by atoms with Crippen molar-refractivity contribution in [3.63, 3.8) is 0 Å². The maximum absolute atomic E-state index is 12.2. The summed E-state index contributed by atoms with van der Waals surface area (Å²) in [6.07, 6.45) is 4.49. The van der Waals surface area contributed by atoms with E-state index in [0.717, 1.165) is 18.8 Å². The molecule has 0 spiro atoms. The Bertz CT molecular complexity index is 611. The van der Waals surface area contributed by atoms with Crippen LogP contribution in [0.4, 0.5) is 5.82 Å². The van der Waals surface area contributed by atoms with Crippen molar-refractivity contribution in [2.75, 3.05) is 31.6 Å². The first-order valence-electron chi connectivity index (χ1n) is 7.88. The van der Waals surface area contributed by atoms with Crippen LogP contribution >= 0.6 is 0 Å². The van der Waals surface area contributed by atoms with Gasteiger partial charge in [-0.2, -0.15) is 0 Å². The van der Waals surface area contributed by atoms with E-state index in [-0.39, 0.29) is 5.91 Å². The van der Waals surface area contributed by atoms with Crippen LogP contribution in [0.25, 0.3) is 0 Å². The van der Waals surface area contributed by atoms with Gasteiger partial charge in [-0.05, 0) is 50.1 Å². The number of rotatable bonds is 7. The van der Waals surface area contributed by atoms with Gasteiger partial charge in [0.2, 0.25) is 0 Å². The first kappa shape index (κ1) is 16.9. The molecule has 2 rings (SSSR count). The molecule has 0 N–H and O–H groups in total. The van der Waals surface area contributed by atoms with Gasteiger partial charge in [-0.15, -0.1) is 10.2 Å². The third-order valence-corrected chi connectivity index (χ3v) is 3.80. The fraction of sp³-hybridized carbons (Fsp3) is 0.412. The van der Waals surface area contributed by atoms with Crippen molar-refractivity contribution in [3.8, 4) is 0 Å². The van der Waals surface area contributed by atoms with Gasteiger partial charge in [-0.3, -0.25) is 9.78 Å². The SMILES string of the molecule is CCN(CC)C(=O)c1ccc(N(C)CCc2ccncc2)nn1. The molecule has 0 aliphatic heterocycles. The van der Waals surface area contributed by atoms with Crippen LogP contribution in [-0.2, 0) is 6.42 Å². The second-order valence-corrected chi connectivity index (χ2v) is 5.28. The smallest absolute Gasteiger partial charge is 0.274 e. The van der Waals surface area contributed by atoms with E-state index in [0.29, 0.717) is 18.8 Å². The fourth-order valence-electron chi connectivity index (χ4n) is 2.28. The number of hydrogen-bond donors (Lipinski definition) is 0. The van der Waals surface area contributed by atoms with Gasteiger partial charge in [0.15, 0.2) is 11.5 Å². The first-order valence-corrected chi connectivity index (χ1v) is 7.88. The molecule has 2 aromatic rings. The Morgan fingerprint density at radius 2 is 1.74 bits per heavy atom. The Kier molecular flexibility index (Phi) is 6.02. The van der Waals surface area contributed by atoms with Crippen LogP contribution in [0.2, 0.25) is 0 Å². The second kappa shape index (κ2) is 8.22. The van der Waals surface area contributed by atoms with E-state index >= 15 is 0 Å². The number of aromatic nitrogens is 3. The normalized spacial score (nSPS) is 10.4. The molecule has 6 heteroatoms. The lowest BCUT2D eigenvalue weighted by Gasteiger charge is -2.19. The molecule has 2 heterocycles. The van der Waals surface area contributed by atoms with Gasteiger partial charge in [0.1, 0.15) is 0 Å². The predicted molar refractivity (Wildman–Crippen MR) is 90.5 cm³/mol. The molecule has 0 atom stereocenters. The molecule has 0 aliphatic carbocycles. The number of anilines is 1. The standard InChI is InChI=1S/C17H23N5O/c1-4-22(5-2)17(23)15-6-7-16(20-19-15)21(3)13-10-14-8-11-18-12-9-14/h6-9,11-12H,4-5,10,13H2,1-3H3. The molecule has 0 aromatic carbocycles. The minimum Gasteiger partial charge on any atom is -0.358 e. The summed E-state index contributed by atoms with van der Waals surface area (Å²) in [5.74, 6) is 0.684. The molecule has 2 aromatic heterocycles. The first-order chi connectivity index (χ1) is 11.2. The molecule has 0 bridgehead atoms. The molecule has 23 heavy (non-hydrogen) atoms. The molecule has 0 radical (unpaired) electrons. The molecule has 0 aliphatic rings. The summed E-state index contributed by atoms with van der Waals surface area (Å²) < 4.78 is 0. The fourth-order valence-corrected chi connectivity index (χ4v) is 2.28. The topological polar surface area (TPSA) is 62.2 Å². The molecular formula is C17H23N5O. The van der Waals surface area contributed by atoms with Crippen molar-refractivity contribution in [1.29, 1.82) is 0 Å². The van der Waals surface area contributed by atoms with Crippen LogP contribution < -0.4 is 4.90 Å². The number of nitrogens with zero attached hydrogens (tertiary/aromatic N) is 5. The van der Waals surface area contributed by atoms with Gasteiger partial charge in [-0.25, -0.2) is 0 Å². The Labute approximate surface area is 137 Å². The van der Waals surface area contributed by atoms with E-state index < -0.39 is 0 Å². The molecule has 0 fully saturated rings. The molecule has 0 saturated heterocycles. The number of hydrogen-bond acceptors (Lipinski definition) is 5. The second-order valence-electron chi connectivity index (χ2n) is 5.28. The third kappa shape index (κ3) is 4.48. The molecule has 6 nitrogen and oxygen atoms in total. The van der Waals surface area contributed by atoms with Gasteiger partial charge >= 0.3 is 0 Å². The maximum atomic E-state index is 12.2. The summed E-state index contributed by atoms with van der Waals surface area (Å²) >= 11 is 0. The van der Waals surface area contributed by atoms with Crippen molar-refractivity contribution >= 4 is 11.7 Å². The zero-order valence-corrected chi connectivity index (χ0v) is 13.9. The lowest BCUT2D eigenvalue weighted by molar-refractivity contribution is 0.0766. The number of carbonyl (C=O) groups is 1. The summed E-state index contributed by atoms with van der Waals surface area (Å²) in [5.41, 5.74) is 1.62. The van der Waals surface area contributed by atoms with Crippen LogP contribution in [0.3, 0.4) is 0 Å². The molecule has 122 valence electrons. The zero-order chi connectivity index (χ0) is 16.7. The third-order valence-electron chi connectivity index (χ3n) is 3.80. The zero-order valence-electron chi connectivity index (χ0n) is 13.9. The Morgan fingerprint density at radius 3 is 2.30 bits per heavy atom. The highest BCUT2D eigenvalue weighted by Gasteiger charge is 2.15. The van der Waals surface area contributed by atoms with Gasteiger partial charge < -0.3 is 9.80 Å². The van der Waals surface area contributed by atoms with Crippen molar-refractivity contribution < 1.29 is 4.79 Å². The monoisotopic (exact) mass is 313 g/mol. The summed E-state index contributed by atoms with van der Waals surface area (Å²) in [5, 5.41) is 8.26. The van der Waals surface area contributed by atoms with Crippen molar-refractivity contribution in [3.05, 3.63) is 47.9 Å². The predicted octanol–water partition coefficient (Wildman–Crippen LogP) is 2.03. The van der Waals surface area contributed by atoms with E-state index in [9.17, 15) is 4.79 Å². The van der Waals surface area contributed by atoms with Crippen molar-refractivity contribution in [1.82, 2.24) is 20.1 Å². The van der Waals surface area contributed by atoms with Crippen LogP contribution in [0.1, 0.15) is 29.9 Å². The van der Waals surface area contributed by atoms with Gasteiger partial charge in [0.25, 0.3) is 5.91 Å². The lowest BCUT2D eigenvalue weighted by Crippen LogP contribution is -2.31. The lowest BCUT2D eigenvalue weighted by atomic mass is 10.2. The van der Waals surface area contributed by atoms with E-state index in [4.69, 9.17) is 0 Å². The van der Waals surface area contributed by atoms with Crippen LogP contribution in [-0.4, -0.2) is 52.7 Å². The average molecular weight is 313 g/mol. The minimum atomic E-state index is -0.0755. The number of likely N-dealkylation sites (N-methyl/N-ethyl adjacent to an activating group) is 1. The molecule has 1 amide bonds. The summed E-state index contributed by atoms with van der Waals surface area (Å²) in [6, 6.07) is 7.60. The van der Waals surface area contributed by atoms with E-state index in [2.05, 4.69) is 15.2 Å². The highest BCUT2D eigenvalue weighted by molar-refractivity contribution is 5.92. The van der Waals surface area contributed by atoms with E-state index in [1.807, 2.05) is 44.0 Å². The molecule has 0 saturated carbocycles. The number of carbonyl (C=O) groups excluding carboxylic acids is 1.